The highest BCUT2D eigenvalue weighted by atomic mass is 35.5. The van der Waals surface area contributed by atoms with E-state index in [9.17, 15) is 18.0 Å². The number of halogens is 4. The van der Waals surface area contributed by atoms with Crippen molar-refractivity contribution in [2.24, 2.45) is 0 Å². The number of hydrogen-bond donors (Lipinski definition) is 2. The molecule has 4 nitrogen and oxygen atoms in total. The van der Waals surface area contributed by atoms with E-state index in [1.807, 2.05) is 0 Å². The normalized spacial score (nSPS) is 19.6. The number of alkyl halides is 3. The van der Waals surface area contributed by atoms with Gasteiger partial charge in [-0.05, 0) is 0 Å². The van der Waals surface area contributed by atoms with E-state index in [4.69, 9.17) is 0 Å². The fourth-order valence-corrected chi connectivity index (χ4v) is 2.45. The first-order valence-corrected chi connectivity index (χ1v) is 6.85. The number of carbonyl (C=O) groups excluding carboxylic acids is 1. The smallest absolute Gasteiger partial charge is 0.370 e. The molecule has 2 N–H and O–H groups in total. The Balaban J connectivity index is 0.00000324. The molecule has 1 amide bonds. The molecular weight excluding hydrogens is 305 g/mol. The lowest BCUT2D eigenvalue weighted by Gasteiger charge is -2.22. The second-order valence-electron chi connectivity index (χ2n) is 3.95. The molecule has 1 saturated heterocycles. The summed E-state index contributed by atoms with van der Waals surface area (Å²) >= 11 is 1.79. The summed E-state index contributed by atoms with van der Waals surface area (Å²) in [5, 5.41) is 5.75. The molecular formula is C10H18ClF3N2O2S. The van der Waals surface area contributed by atoms with Crippen LogP contribution in [-0.2, 0) is 9.53 Å². The average Bonchev–Trinajstić information content (AvgIpc) is 2.28. The van der Waals surface area contributed by atoms with Crippen molar-refractivity contribution in [1.29, 1.82) is 0 Å². The van der Waals surface area contributed by atoms with Crippen molar-refractivity contribution in [3.63, 3.8) is 0 Å². The minimum Gasteiger partial charge on any atom is -0.370 e. The van der Waals surface area contributed by atoms with E-state index in [-0.39, 0.29) is 37.5 Å². The first-order chi connectivity index (χ1) is 8.47. The van der Waals surface area contributed by atoms with Crippen LogP contribution < -0.4 is 10.6 Å². The Morgan fingerprint density at radius 1 is 1.47 bits per heavy atom. The van der Waals surface area contributed by atoms with Gasteiger partial charge < -0.3 is 15.4 Å². The second-order valence-corrected chi connectivity index (χ2v) is 5.10. The van der Waals surface area contributed by atoms with Gasteiger partial charge in [-0.15, -0.1) is 12.4 Å². The number of ether oxygens (including phenoxy) is 1. The Labute approximate surface area is 120 Å². The first kappa shape index (κ1) is 18.8. The third kappa shape index (κ3) is 10.3. The Morgan fingerprint density at radius 3 is 2.79 bits per heavy atom. The lowest BCUT2D eigenvalue weighted by molar-refractivity contribution is -0.173. The topological polar surface area (TPSA) is 50.4 Å². The summed E-state index contributed by atoms with van der Waals surface area (Å²) in [6.07, 6.45) is -3.96. The Morgan fingerprint density at radius 2 is 2.21 bits per heavy atom. The number of carbonyl (C=O) groups is 1. The first-order valence-electron chi connectivity index (χ1n) is 5.70. The molecule has 1 rings (SSSR count). The van der Waals surface area contributed by atoms with E-state index in [2.05, 4.69) is 15.4 Å². The maximum atomic E-state index is 11.7. The highest BCUT2D eigenvalue weighted by molar-refractivity contribution is 7.99. The standard InChI is InChI=1S/C10H17F3N2O2S.ClH/c11-10(12,13)7-17-3-1-15-9(16)5-8-6-18-4-2-14-8;/h8,14H,1-7H2,(H,15,16);1H. The Kier molecular flexibility index (Phi) is 9.59. The molecule has 1 heterocycles. The predicted octanol–water partition coefficient (Wildman–Crippen LogP) is 1.20. The monoisotopic (exact) mass is 322 g/mol. The minimum absolute atomic E-state index is 0. The maximum absolute atomic E-state index is 11.7. The van der Waals surface area contributed by atoms with Crippen molar-refractivity contribution in [3.05, 3.63) is 0 Å². The predicted molar refractivity (Wildman–Crippen MR) is 70.9 cm³/mol. The van der Waals surface area contributed by atoms with Gasteiger partial charge in [0.25, 0.3) is 0 Å². The Hall–Kier alpha value is -0.180. The molecule has 0 spiro atoms. The van der Waals surface area contributed by atoms with Gasteiger partial charge in [-0.25, -0.2) is 0 Å². The van der Waals surface area contributed by atoms with Gasteiger partial charge >= 0.3 is 6.18 Å². The summed E-state index contributed by atoms with van der Waals surface area (Å²) in [6, 6.07) is 0.153. The molecule has 0 aromatic rings. The highest BCUT2D eigenvalue weighted by Crippen LogP contribution is 2.14. The van der Waals surface area contributed by atoms with Gasteiger partial charge in [-0.1, -0.05) is 0 Å². The molecule has 1 fully saturated rings. The average molecular weight is 323 g/mol. The Bertz CT molecular complexity index is 264. The summed E-state index contributed by atoms with van der Waals surface area (Å²) < 4.78 is 39.6. The van der Waals surface area contributed by atoms with Crippen LogP contribution in [0.3, 0.4) is 0 Å². The van der Waals surface area contributed by atoms with Crippen molar-refractivity contribution in [1.82, 2.24) is 10.6 Å². The summed E-state index contributed by atoms with van der Waals surface area (Å²) in [4.78, 5) is 11.4. The zero-order chi connectivity index (χ0) is 13.4. The quantitative estimate of drug-likeness (QED) is 0.722. The second kappa shape index (κ2) is 9.68. The van der Waals surface area contributed by atoms with Crippen LogP contribution in [0.1, 0.15) is 6.42 Å². The van der Waals surface area contributed by atoms with Gasteiger partial charge in [-0.2, -0.15) is 24.9 Å². The van der Waals surface area contributed by atoms with Crippen molar-refractivity contribution >= 4 is 30.1 Å². The number of nitrogens with one attached hydrogen (secondary N) is 2. The highest BCUT2D eigenvalue weighted by Gasteiger charge is 2.27. The molecule has 0 aromatic carbocycles. The van der Waals surface area contributed by atoms with Crippen LogP contribution in [0, 0.1) is 0 Å². The SMILES string of the molecule is Cl.O=C(CC1CSCCN1)NCCOCC(F)(F)F. The third-order valence-electron chi connectivity index (χ3n) is 2.26. The van der Waals surface area contributed by atoms with Crippen LogP contribution in [0.2, 0.25) is 0 Å². The van der Waals surface area contributed by atoms with E-state index in [1.54, 1.807) is 11.8 Å². The molecule has 1 aliphatic heterocycles. The van der Waals surface area contributed by atoms with E-state index < -0.39 is 12.8 Å². The van der Waals surface area contributed by atoms with Crippen LogP contribution in [0.25, 0.3) is 0 Å². The van der Waals surface area contributed by atoms with Crippen molar-refractivity contribution in [3.8, 4) is 0 Å². The molecule has 0 bridgehead atoms. The van der Waals surface area contributed by atoms with Gasteiger partial charge in [0.15, 0.2) is 0 Å². The fourth-order valence-electron chi connectivity index (χ4n) is 1.50. The summed E-state index contributed by atoms with van der Waals surface area (Å²) in [5.41, 5.74) is 0. The van der Waals surface area contributed by atoms with E-state index in [0.29, 0.717) is 6.42 Å². The molecule has 1 aliphatic rings. The van der Waals surface area contributed by atoms with E-state index >= 15 is 0 Å². The molecule has 0 saturated carbocycles. The van der Waals surface area contributed by atoms with Crippen molar-refractivity contribution < 1.29 is 22.7 Å². The number of amides is 1. The van der Waals surface area contributed by atoms with Gasteiger partial charge in [0.05, 0.1) is 6.61 Å². The van der Waals surface area contributed by atoms with Crippen LogP contribution in [0.15, 0.2) is 0 Å². The van der Waals surface area contributed by atoms with Gasteiger partial charge in [-0.3, -0.25) is 4.79 Å². The van der Waals surface area contributed by atoms with Crippen LogP contribution in [0.5, 0.6) is 0 Å². The molecule has 19 heavy (non-hydrogen) atoms. The van der Waals surface area contributed by atoms with Crippen LogP contribution in [-0.4, -0.2) is 55.9 Å². The summed E-state index contributed by atoms with van der Waals surface area (Å²) in [7, 11) is 0. The largest absolute Gasteiger partial charge is 0.411 e. The van der Waals surface area contributed by atoms with Crippen molar-refractivity contribution in [2.75, 3.05) is 37.8 Å². The third-order valence-corrected chi connectivity index (χ3v) is 3.40. The number of hydrogen-bond acceptors (Lipinski definition) is 4. The lowest BCUT2D eigenvalue weighted by atomic mass is 10.2. The summed E-state index contributed by atoms with van der Waals surface area (Å²) in [6.45, 7) is -0.409. The van der Waals surface area contributed by atoms with E-state index in [0.717, 1.165) is 18.1 Å². The lowest BCUT2D eigenvalue weighted by Crippen LogP contribution is -2.41. The summed E-state index contributed by atoms with van der Waals surface area (Å²) in [5.74, 6) is 1.77. The molecule has 0 radical (unpaired) electrons. The van der Waals surface area contributed by atoms with Gasteiger partial charge in [0, 0.05) is 37.1 Å². The van der Waals surface area contributed by atoms with E-state index in [1.165, 1.54) is 0 Å². The van der Waals surface area contributed by atoms with Gasteiger partial charge in [0.1, 0.15) is 6.61 Å². The zero-order valence-corrected chi connectivity index (χ0v) is 11.9. The number of rotatable bonds is 6. The molecule has 9 heteroatoms. The zero-order valence-electron chi connectivity index (χ0n) is 10.3. The van der Waals surface area contributed by atoms with Gasteiger partial charge in [0.2, 0.25) is 5.91 Å². The minimum atomic E-state index is -4.31. The molecule has 1 unspecified atom stereocenters. The van der Waals surface area contributed by atoms with Crippen molar-refractivity contribution in [2.45, 2.75) is 18.6 Å². The van der Waals surface area contributed by atoms with Crippen LogP contribution in [0.4, 0.5) is 13.2 Å². The number of thioether (sulfide) groups is 1. The molecule has 114 valence electrons. The fraction of sp³-hybridized carbons (Fsp3) is 0.900. The maximum Gasteiger partial charge on any atom is 0.411 e. The molecule has 0 aromatic heterocycles. The molecule has 0 aliphatic carbocycles. The molecule has 1 atom stereocenters. The van der Waals surface area contributed by atoms with Crippen LogP contribution >= 0.6 is 24.2 Å².